The number of hydrogen-bond acceptors (Lipinski definition) is 24. The minimum atomic E-state index is -4.37. The molecule has 0 spiro atoms. The number of aryl methyl sites for hydroxylation is 5. The molecule has 3 aliphatic rings. The van der Waals surface area contributed by atoms with Crippen LogP contribution in [0.4, 0.5) is 10.7 Å². The van der Waals surface area contributed by atoms with Crippen molar-refractivity contribution in [2.24, 2.45) is 22.8 Å². The molecule has 6 heterocycles. The van der Waals surface area contributed by atoms with E-state index in [0.29, 0.717) is 86.4 Å². The highest BCUT2D eigenvalue weighted by Gasteiger charge is 2.45. The van der Waals surface area contributed by atoms with E-state index in [1.165, 1.54) is 74.0 Å². The average Bonchev–Trinajstić information content (AvgIpc) is 1.65. The second-order valence-corrected chi connectivity index (χ2v) is 28.3. The van der Waals surface area contributed by atoms with Crippen LogP contribution in [0.25, 0.3) is 11.1 Å². The Morgan fingerprint density at radius 2 is 1.34 bits per heavy atom. The Morgan fingerprint density at radius 3 is 1.88 bits per heavy atom. The van der Waals surface area contributed by atoms with Crippen molar-refractivity contribution in [3.63, 3.8) is 0 Å². The molecule has 103 heavy (non-hydrogen) atoms. The molecule has 0 atom stereocenters. The van der Waals surface area contributed by atoms with Crippen LogP contribution < -0.4 is 24.7 Å². The van der Waals surface area contributed by atoms with E-state index in [0.717, 1.165) is 58.9 Å². The largest absolute Gasteiger partial charge is 0.493 e. The number of sulfonamides is 1. The Kier molecular flexibility index (Phi) is 25.1. The smallest absolute Gasteiger partial charge is 0.356 e. The van der Waals surface area contributed by atoms with E-state index in [1.54, 1.807) is 30.1 Å². The Labute approximate surface area is 596 Å². The number of aromatic nitrogens is 7. The second-order valence-electron chi connectivity index (χ2n) is 24.7. The number of aromatic hydroxyl groups is 1. The summed E-state index contributed by atoms with van der Waals surface area (Å²) < 4.78 is 81.9. The number of nitrogens with zero attached hydrogens (tertiary/aromatic N) is 10. The van der Waals surface area contributed by atoms with Gasteiger partial charge in [-0.2, -0.15) is 20.1 Å². The predicted molar refractivity (Wildman–Crippen MR) is 380 cm³/mol. The second kappa shape index (κ2) is 33.3. The summed E-state index contributed by atoms with van der Waals surface area (Å²) in [5.74, 6) is -1.82. The summed E-state index contributed by atoms with van der Waals surface area (Å²) >= 11 is 0. The number of esters is 3. The number of amides is 2. The molecule has 2 amide bonds. The first-order valence-electron chi connectivity index (χ1n) is 32.7. The Hall–Kier alpha value is -10.9. The van der Waals surface area contributed by atoms with Crippen LogP contribution >= 0.6 is 0 Å². The van der Waals surface area contributed by atoms with Gasteiger partial charge >= 0.3 is 29.9 Å². The molecule has 3 aromatic heterocycles. The third-order valence-electron chi connectivity index (χ3n) is 16.5. The van der Waals surface area contributed by atoms with E-state index in [4.69, 9.17) is 28.6 Å². The zero-order valence-corrected chi connectivity index (χ0v) is 61.3. The molecule has 0 fully saturated rings. The zero-order chi connectivity index (χ0) is 75.3. The number of carbonyl (C=O) groups excluding carboxylic acids is 5. The van der Waals surface area contributed by atoms with E-state index in [2.05, 4.69) is 68.0 Å². The maximum atomic E-state index is 13.5. The molecule has 546 valence electrons. The zero-order valence-electron chi connectivity index (χ0n) is 59.7. The van der Waals surface area contributed by atoms with E-state index in [1.807, 2.05) is 86.2 Å². The summed E-state index contributed by atoms with van der Waals surface area (Å²) in [5, 5.41) is 21.7. The van der Waals surface area contributed by atoms with Gasteiger partial charge in [-0.15, -0.1) is 0 Å². The first kappa shape index (κ1) is 77.8. The number of carbonyl (C=O) groups is 5. The number of methoxy groups -OCH3 is 2. The molecule has 0 saturated carbocycles. The van der Waals surface area contributed by atoms with Crippen LogP contribution in [0.1, 0.15) is 125 Å². The molecule has 0 radical (unpaired) electrons. The number of hydrogen-bond donors (Lipinski definition) is 2. The number of ketones is 1. The quantitative estimate of drug-likeness (QED) is 0.0635. The molecule has 0 saturated heterocycles. The van der Waals surface area contributed by atoms with Gasteiger partial charge in [0.05, 0.1) is 81.3 Å². The number of oxime groups is 2. The molecular weight excluding hydrogens is 1370 g/mol. The molecule has 8 aromatic rings. The maximum absolute atomic E-state index is 13.5. The van der Waals surface area contributed by atoms with Crippen LogP contribution in [-0.2, 0) is 91.9 Å². The highest BCUT2D eigenvalue weighted by atomic mass is 32.2. The van der Waals surface area contributed by atoms with Crippen molar-refractivity contribution >= 4 is 67.0 Å². The van der Waals surface area contributed by atoms with Crippen molar-refractivity contribution in [1.82, 2.24) is 38.8 Å². The topological polar surface area (TPSA) is 362 Å². The van der Waals surface area contributed by atoms with E-state index < -0.39 is 59.5 Å². The Morgan fingerprint density at radius 1 is 0.728 bits per heavy atom. The number of sulfone groups is 1. The molecule has 31 heteroatoms. The highest BCUT2D eigenvalue weighted by molar-refractivity contribution is 7.91. The first-order chi connectivity index (χ1) is 48.8. The van der Waals surface area contributed by atoms with Crippen molar-refractivity contribution < 1.29 is 79.3 Å². The van der Waals surface area contributed by atoms with Crippen molar-refractivity contribution in [2.75, 3.05) is 58.9 Å². The molecular formula is C72H83N11O18S2. The number of benzene rings is 5. The Balaban J connectivity index is 0.000000175. The van der Waals surface area contributed by atoms with Crippen LogP contribution in [0.3, 0.4) is 0 Å². The molecule has 0 bridgehead atoms. The van der Waals surface area contributed by atoms with Crippen molar-refractivity contribution in [3.8, 4) is 28.9 Å². The number of anilines is 1. The van der Waals surface area contributed by atoms with E-state index in [9.17, 15) is 50.7 Å². The number of fused-ring (bicyclic) bond motifs is 1. The van der Waals surface area contributed by atoms with Crippen molar-refractivity contribution in [1.29, 1.82) is 0 Å². The molecule has 2 N–H and O–H groups in total. The van der Waals surface area contributed by atoms with Crippen LogP contribution in [0.2, 0.25) is 0 Å². The van der Waals surface area contributed by atoms with E-state index in [-0.39, 0.29) is 56.8 Å². The fraction of sp³-hybridized carbons (Fsp3) is 0.361. The van der Waals surface area contributed by atoms with Crippen molar-refractivity contribution in [3.05, 3.63) is 187 Å². The average molecular weight is 1450 g/mol. The van der Waals surface area contributed by atoms with Gasteiger partial charge in [-0.05, 0) is 108 Å². The SMILES string of the molecule is CCOC(=O)C1=NOC(c2ccccc2)(c2ccccc2)C1.CCc1cc(C)cc(CC)c1-c1c(OC(=O)C(C)(C)C)n2n(c1=O)CCOCC2.COC(=O)c1ccccc1S(=O)(=O)NC(=O)N(C)c1nc(C)nc(OC)n1.Cc1c(C(=O)c2cnn(C)c2O)ccc(S(C)(=O)=O)c1C1=NOCC1. The fourth-order valence-corrected chi connectivity index (χ4v) is 13.4. The molecule has 11 rings (SSSR count). The van der Waals surface area contributed by atoms with Gasteiger partial charge < -0.3 is 38.5 Å². The van der Waals surface area contributed by atoms with Crippen LogP contribution in [-0.4, -0.2) is 151 Å². The lowest BCUT2D eigenvalue weighted by molar-refractivity contribution is -0.143. The predicted octanol–water partition coefficient (Wildman–Crippen LogP) is 8.70. The molecule has 0 aliphatic carbocycles. The molecule has 3 aliphatic heterocycles. The summed E-state index contributed by atoms with van der Waals surface area (Å²) in [5.41, 5.74) is 6.92. The van der Waals surface area contributed by atoms with Crippen molar-refractivity contribution in [2.45, 2.75) is 116 Å². The third kappa shape index (κ3) is 17.7. The van der Waals surface area contributed by atoms with Gasteiger partial charge in [0.25, 0.3) is 15.6 Å². The number of urea groups is 1. The normalized spacial score (nSPS) is 13.7. The number of nitrogens with one attached hydrogen (secondary N) is 1. The highest BCUT2D eigenvalue weighted by Crippen LogP contribution is 2.42. The summed E-state index contributed by atoms with van der Waals surface area (Å²) in [6.07, 6.45) is 4.79. The van der Waals surface area contributed by atoms with Gasteiger partial charge in [-0.25, -0.2) is 50.0 Å². The summed E-state index contributed by atoms with van der Waals surface area (Å²) in [6.45, 7) is 19.2. The molecule has 29 nitrogen and oxygen atoms in total. The summed E-state index contributed by atoms with van der Waals surface area (Å²) in [6, 6.07) is 31.0. The monoisotopic (exact) mass is 1450 g/mol. The minimum absolute atomic E-state index is 0.0314. The molecule has 0 unspecified atom stereocenters. The lowest BCUT2D eigenvalue weighted by Crippen LogP contribution is -2.42. The van der Waals surface area contributed by atoms with Crippen LogP contribution in [0.5, 0.6) is 17.8 Å². The number of rotatable bonds is 17. The van der Waals surface area contributed by atoms with Gasteiger partial charge in [0.2, 0.25) is 17.7 Å². The van der Waals surface area contributed by atoms with Gasteiger partial charge in [-0.3, -0.25) is 19.3 Å². The summed E-state index contributed by atoms with van der Waals surface area (Å²) in [4.78, 5) is 98.3. The summed E-state index contributed by atoms with van der Waals surface area (Å²) in [7, 11) is -2.64. The molecule has 5 aromatic carbocycles. The van der Waals surface area contributed by atoms with Gasteiger partial charge in [0.1, 0.15) is 28.5 Å². The fourth-order valence-electron chi connectivity index (χ4n) is 11.3. The first-order valence-corrected chi connectivity index (χ1v) is 36.1. The maximum Gasteiger partial charge on any atom is 0.356 e. The van der Waals surface area contributed by atoms with Crippen LogP contribution in [0, 0.1) is 26.2 Å². The lowest BCUT2D eigenvalue weighted by atomic mass is 9.82. The van der Waals surface area contributed by atoms with Gasteiger partial charge in [-0.1, -0.05) is 115 Å². The van der Waals surface area contributed by atoms with E-state index >= 15 is 0 Å². The minimum Gasteiger partial charge on any atom is -0.493 e. The Bertz CT molecular complexity index is 4790. The number of ether oxygens (including phenoxy) is 5. The van der Waals surface area contributed by atoms with Crippen LogP contribution in [0.15, 0.2) is 140 Å². The van der Waals surface area contributed by atoms with Gasteiger partial charge in [0.15, 0.2) is 26.9 Å². The lowest BCUT2D eigenvalue weighted by Gasteiger charge is -2.27. The third-order valence-corrected chi connectivity index (χ3v) is 19.0. The van der Waals surface area contributed by atoms with Gasteiger partial charge in [0, 0.05) is 49.0 Å². The standard InChI is InChI=1S/C23H32N2O4.C18H17NO3.C16H17N3O5S.C15H17N5O6S/c1-7-16-13-15(3)14-17(8-2)18(16)19-20(26)24-9-11-28-12-10-25(24)21(19)29-22(27)23(4,5)6;1-2-21-17(20)16-13-18(22-19-16,14-9-5-3-6-10-14)15-11-7-4-8-12-15;1-9-10(15(20)11-8-17-19(2)16(11)21)4-5-13(25(3,22)23)14(9)12-6-7-24-18-12;1-9-16-13(18-14(17-9)26-4)20(2)15(22)19-27(23,24)11-8-6-5-7-10(11)12(21)25-3/h13-14H,7-12H2,1-6H3;3-12H,2,13H2,1H3;4-5,8,21H,6-7H2,1-3H3;5-8H,1-4H3,(H,19,22).